The molecule has 2 aromatic rings. The van der Waals surface area contributed by atoms with Gasteiger partial charge < -0.3 is 19.5 Å². The average Bonchev–Trinajstić information content (AvgIpc) is 3.01. The van der Waals surface area contributed by atoms with Crippen LogP contribution in [0.3, 0.4) is 0 Å². The minimum absolute atomic E-state index is 0.0746. The highest BCUT2D eigenvalue weighted by Crippen LogP contribution is 2.40. The van der Waals surface area contributed by atoms with Gasteiger partial charge in [0, 0.05) is 24.8 Å². The molecule has 3 rings (SSSR count). The van der Waals surface area contributed by atoms with Crippen LogP contribution < -0.4 is 4.74 Å². The minimum Gasteiger partial charge on any atom is -0.507 e. The number of aliphatic hydroxyl groups is 1. The van der Waals surface area contributed by atoms with Crippen molar-refractivity contribution in [3.8, 4) is 5.75 Å². The van der Waals surface area contributed by atoms with Crippen molar-refractivity contribution >= 4 is 17.4 Å². The maximum Gasteiger partial charge on any atom is 0.295 e. The number of nitrogens with zero attached hydrogens (tertiary/aromatic N) is 1. The number of hydrogen-bond donors (Lipinski definition) is 1. The zero-order chi connectivity index (χ0) is 21.7. The van der Waals surface area contributed by atoms with Gasteiger partial charge in [0.05, 0.1) is 18.2 Å². The van der Waals surface area contributed by atoms with Crippen molar-refractivity contribution < 1.29 is 28.6 Å². The maximum atomic E-state index is 14.6. The van der Waals surface area contributed by atoms with Crippen LogP contribution in [0.2, 0.25) is 0 Å². The van der Waals surface area contributed by atoms with Crippen molar-refractivity contribution in [2.24, 2.45) is 0 Å². The molecular weight excluding hydrogens is 389 g/mol. The Labute approximate surface area is 173 Å². The van der Waals surface area contributed by atoms with E-state index in [9.17, 15) is 19.1 Å². The quantitative estimate of drug-likeness (QED) is 0.312. The van der Waals surface area contributed by atoms with Crippen molar-refractivity contribution in [1.29, 1.82) is 0 Å². The van der Waals surface area contributed by atoms with E-state index < -0.39 is 23.5 Å². The monoisotopic (exact) mass is 411 g/mol. The molecule has 6 nitrogen and oxygen atoms in total. The summed E-state index contributed by atoms with van der Waals surface area (Å²) in [6.45, 7) is 4.13. The predicted octanol–water partition coefficient (Wildman–Crippen LogP) is 3.46. The van der Waals surface area contributed by atoms with Crippen LogP contribution in [0.15, 0.2) is 66.8 Å². The van der Waals surface area contributed by atoms with E-state index in [4.69, 9.17) is 9.47 Å². The molecule has 2 aromatic carbocycles. The lowest BCUT2D eigenvalue weighted by Crippen LogP contribution is -2.33. The van der Waals surface area contributed by atoms with Crippen molar-refractivity contribution in [3.05, 3.63) is 83.7 Å². The summed E-state index contributed by atoms with van der Waals surface area (Å²) < 4.78 is 25.0. The van der Waals surface area contributed by atoms with Gasteiger partial charge in [-0.3, -0.25) is 9.59 Å². The highest BCUT2D eigenvalue weighted by atomic mass is 19.1. The molecule has 1 heterocycles. The summed E-state index contributed by atoms with van der Waals surface area (Å²) in [5.74, 6) is -2.09. The second kappa shape index (κ2) is 9.37. The number of carbonyl (C=O) groups excluding carboxylic acids is 2. The first kappa shape index (κ1) is 21.3. The number of methoxy groups -OCH3 is 1. The second-order valence-corrected chi connectivity index (χ2v) is 6.63. The van der Waals surface area contributed by atoms with Crippen LogP contribution in [-0.2, 0) is 14.3 Å². The fourth-order valence-electron chi connectivity index (χ4n) is 3.34. The van der Waals surface area contributed by atoms with E-state index in [1.54, 1.807) is 36.4 Å². The molecule has 0 spiro atoms. The number of hydrogen-bond acceptors (Lipinski definition) is 5. The van der Waals surface area contributed by atoms with Crippen LogP contribution in [0.4, 0.5) is 4.39 Å². The predicted molar refractivity (Wildman–Crippen MR) is 109 cm³/mol. The van der Waals surface area contributed by atoms with Crippen molar-refractivity contribution in [3.63, 3.8) is 0 Å². The lowest BCUT2D eigenvalue weighted by molar-refractivity contribution is -0.140. The van der Waals surface area contributed by atoms with Gasteiger partial charge in [0.15, 0.2) is 0 Å². The second-order valence-electron chi connectivity index (χ2n) is 6.63. The van der Waals surface area contributed by atoms with E-state index in [1.807, 2.05) is 0 Å². The Kier molecular flexibility index (Phi) is 6.64. The smallest absolute Gasteiger partial charge is 0.295 e. The number of carbonyl (C=O) groups is 2. The van der Waals surface area contributed by atoms with Gasteiger partial charge in [-0.1, -0.05) is 30.9 Å². The van der Waals surface area contributed by atoms with Crippen LogP contribution >= 0.6 is 0 Å². The van der Waals surface area contributed by atoms with E-state index in [2.05, 4.69) is 6.58 Å². The number of ketones is 1. The number of benzene rings is 2. The zero-order valence-corrected chi connectivity index (χ0v) is 16.5. The van der Waals surface area contributed by atoms with Crippen LogP contribution in [0.5, 0.6) is 5.75 Å². The van der Waals surface area contributed by atoms with Crippen LogP contribution in [0, 0.1) is 5.82 Å². The fraction of sp³-hybridized carbons (Fsp3) is 0.217. The number of ether oxygens (including phenoxy) is 2. The van der Waals surface area contributed by atoms with Crippen molar-refractivity contribution in [2.45, 2.75) is 6.04 Å². The molecule has 0 bridgehead atoms. The minimum atomic E-state index is -1.06. The molecule has 1 aliphatic heterocycles. The first-order chi connectivity index (χ1) is 14.5. The molecule has 1 fully saturated rings. The van der Waals surface area contributed by atoms with Gasteiger partial charge in [-0.15, -0.1) is 0 Å². The summed E-state index contributed by atoms with van der Waals surface area (Å²) in [6.07, 6.45) is 1.60. The summed E-state index contributed by atoms with van der Waals surface area (Å²) in [5.41, 5.74) is 0.272. The standard InChI is InChI=1S/C23H22FNO5/c1-3-13-30-16-10-8-15(9-11-16)21(26)19-20(17-6-4-5-7-18(17)24)25(12-14-29-2)23(28)22(19)27/h3-11,20,26H,1,12-14H2,2H3. The molecule has 30 heavy (non-hydrogen) atoms. The Hall–Kier alpha value is -3.45. The van der Waals surface area contributed by atoms with Crippen molar-refractivity contribution in [2.75, 3.05) is 26.9 Å². The van der Waals surface area contributed by atoms with Gasteiger partial charge in [0.1, 0.15) is 23.9 Å². The SMILES string of the molecule is C=CCOc1ccc(C(O)=C2C(=O)C(=O)N(CCOC)C2c2ccccc2F)cc1. The average molecular weight is 411 g/mol. The normalized spacial score (nSPS) is 17.9. The summed E-state index contributed by atoms with van der Waals surface area (Å²) in [7, 11) is 1.46. The van der Waals surface area contributed by atoms with E-state index in [-0.39, 0.29) is 30.0 Å². The van der Waals surface area contributed by atoms with E-state index >= 15 is 0 Å². The van der Waals surface area contributed by atoms with Crippen LogP contribution in [-0.4, -0.2) is 48.6 Å². The summed E-state index contributed by atoms with van der Waals surface area (Å²) in [4.78, 5) is 26.7. The molecule has 0 aliphatic carbocycles. The van der Waals surface area contributed by atoms with Gasteiger partial charge in [0.25, 0.3) is 11.7 Å². The maximum absolute atomic E-state index is 14.6. The third kappa shape index (κ3) is 4.11. The van der Waals surface area contributed by atoms with Gasteiger partial charge in [-0.25, -0.2) is 4.39 Å². The van der Waals surface area contributed by atoms with Gasteiger partial charge in [0.2, 0.25) is 0 Å². The number of rotatable bonds is 8. The van der Waals surface area contributed by atoms with E-state index in [0.717, 1.165) is 0 Å². The van der Waals surface area contributed by atoms with Crippen LogP contribution in [0.1, 0.15) is 17.2 Å². The fourth-order valence-corrected chi connectivity index (χ4v) is 3.34. The van der Waals surface area contributed by atoms with Gasteiger partial charge >= 0.3 is 0 Å². The molecule has 1 amide bonds. The lowest BCUT2D eigenvalue weighted by Gasteiger charge is -2.25. The number of halogens is 1. The Morgan fingerprint density at radius 1 is 1.20 bits per heavy atom. The van der Waals surface area contributed by atoms with Crippen molar-refractivity contribution in [1.82, 2.24) is 4.90 Å². The molecule has 0 saturated carbocycles. The van der Waals surface area contributed by atoms with Gasteiger partial charge in [-0.2, -0.15) is 0 Å². The molecule has 7 heteroatoms. The Bertz CT molecular complexity index is 983. The zero-order valence-electron chi connectivity index (χ0n) is 16.5. The highest BCUT2D eigenvalue weighted by Gasteiger charge is 2.46. The molecule has 0 aromatic heterocycles. The Balaban J connectivity index is 2.08. The topological polar surface area (TPSA) is 76.1 Å². The molecule has 0 radical (unpaired) electrons. The van der Waals surface area contributed by atoms with E-state index in [0.29, 0.717) is 17.9 Å². The third-order valence-corrected chi connectivity index (χ3v) is 4.77. The first-order valence-corrected chi connectivity index (χ1v) is 9.35. The highest BCUT2D eigenvalue weighted by molar-refractivity contribution is 6.46. The number of aliphatic hydroxyl groups excluding tert-OH is 1. The molecule has 1 unspecified atom stereocenters. The molecule has 1 aliphatic rings. The number of amides is 1. The van der Waals surface area contributed by atoms with E-state index in [1.165, 1.54) is 30.2 Å². The number of likely N-dealkylation sites (tertiary alicyclic amines) is 1. The summed E-state index contributed by atoms with van der Waals surface area (Å²) in [6, 6.07) is 11.2. The lowest BCUT2D eigenvalue weighted by atomic mass is 9.95. The summed E-state index contributed by atoms with van der Waals surface area (Å²) >= 11 is 0. The molecule has 1 N–H and O–H groups in total. The largest absolute Gasteiger partial charge is 0.507 e. The molecule has 1 saturated heterocycles. The molecular formula is C23H22FNO5. The van der Waals surface area contributed by atoms with Crippen LogP contribution in [0.25, 0.3) is 5.76 Å². The Morgan fingerprint density at radius 2 is 1.90 bits per heavy atom. The van der Waals surface area contributed by atoms with Gasteiger partial charge in [-0.05, 0) is 30.3 Å². The first-order valence-electron chi connectivity index (χ1n) is 9.35. The molecule has 1 atom stereocenters. The number of Topliss-reactive ketones (excluding diaryl/α,β-unsaturated/α-hetero) is 1. The summed E-state index contributed by atoms with van der Waals surface area (Å²) in [5, 5.41) is 10.9. The third-order valence-electron chi connectivity index (χ3n) is 4.77. The molecule has 156 valence electrons. The Morgan fingerprint density at radius 3 is 2.53 bits per heavy atom.